The lowest BCUT2D eigenvalue weighted by molar-refractivity contribution is 0.301. The molecule has 0 aliphatic rings. The Labute approximate surface area is 116 Å². The van der Waals surface area contributed by atoms with Crippen molar-refractivity contribution in [3.63, 3.8) is 0 Å². The molecule has 4 nitrogen and oxygen atoms in total. The van der Waals surface area contributed by atoms with Gasteiger partial charge in [0.1, 0.15) is 23.9 Å². The van der Waals surface area contributed by atoms with E-state index in [1.165, 1.54) is 19.2 Å². The smallest absolute Gasteiger partial charge is 0.142 e. The highest BCUT2D eigenvalue weighted by Gasteiger charge is 2.07. The van der Waals surface area contributed by atoms with Gasteiger partial charge in [0.25, 0.3) is 0 Å². The van der Waals surface area contributed by atoms with Crippen molar-refractivity contribution in [3.8, 4) is 17.6 Å². The van der Waals surface area contributed by atoms with Crippen LogP contribution in [0, 0.1) is 17.1 Å². The highest BCUT2D eigenvalue weighted by atomic mass is 19.1. The maximum Gasteiger partial charge on any atom is 0.142 e. The third-order valence-electron chi connectivity index (χ3n) is 2.78. The second-order valence-corrected chi connectivity index (χ2v) is 4.11. The summed E-state index contributed by atoms with van der Waals surface area (Å²) in [5, 5.41) is 8.74. The van der Waals surface area contributed by atoms with Gasteiger partial charge in [-0.25, -0.2) is 4.39 Å². The predicted octanol–water partition coefficient (Wildman–Crippen LogP) is 2.87. The first kappa shape index (κ1) is 13.7. The minimum atomic E-state index is -0.406. The number of nitrogens with zero attached hydrogens (tertiary/aromatic N) is 1. The number of benzene rings is 2. The Kier molecular flexibility index (Phi) is 4.06. The summed E-state index contributed by atoms with van der Waals surface area (Å²) in [6.07, 6.45) is 0. The molecule has 0 saturated heterocycles. The molecule has 0 atom stereocenters. The van der Waals surface area contributed by atoms with Gasteiger partial charge in [-0.3, -0.25) is 0 Å². The highest BCUT2D eigenvalue weighted by Crippen LogP contribution is 2.24. The Morgan fingerprint density at radius 2 is 2.05 bits per heavy atom. The predicted molar refractivity (Wildman–Crippen MR) is 72.9 cm³/mol. The second kappa shape index (κ2) is 5.93. The molecule has 0 aliphatic heterocycles. The number of ether oxygens (including phenoxy) is 2. The van der Waals surface area contributed by atoms with E-state index in [1.54, 1.807) is 24.3 Å². The summed E-state index contributed by atoms with van der Waals surface area (Å²) in [7, 11) is 1.47. The lowest BCUT2D eigenvalue weighted by Crippen LogP contribution is -2.01. The van der Waals surface area contributed by atoms with E-state index in [1.807, 2.05) is 6.07 Å². The van der Waals surface area contributed by atoms with Gasteiger partial charge in [-0.05, 0) is 30.3 Å². The van der Waals surface area contributed by atoms with Crippen molar-refractivity contribution in [2.24, 2.45) is 0 Å². The van der Waals surface area contributed by atoms with Crippen LogP contribution in [0.4, 0.5) is 10.1 Å². The molecule has 2 rings (SSSR count). The zero-order valence-corrected chi connectivity index (χ0v) is 10.9. The van der Waals surface area contributed by atoms with Crippen molar-refractivity contribution in [1.29, 1.82) is 5.26 Å². The maximum absolute atomic E-state index is 13.7. The number of hydrogen-bond acceptors (Lipinski definition) is 4. The third kappa shape index (κ3) is 2.98. The number of halogens is 1. The molecule has 20 heavy (non-hydrogen) atoms. The molecule has 0 saturated carbocycles. The van der Waals surface area contributed by atoms with Gasteiger partial charge < -0.3 is 15.2 Å². The van der Waals surface area contributed by atoms with E-state index in [4.69, 9.17) is 20.5 Å². The average molecular weight is 272 g/mol. The molecule has 0 aliphatic carbocycles. The van der Waals surface area contributed by atoms with Crippen LogP contribution in [0.25, 0.3) is 0 Å². The largest absolute Gasteiger partial charge is 0.497 e. The van der Waals surface area contributed by atoms with Gasteiger partial charge in [0.2, 0.25) is 0 Å². The highest BCUT2D eigenvalue weighted by molar-refractivity contribution is 5.56. The molecule has 102 valence electrons. The molecular formula is C15H13FN2O2. The Bertz CT molecular complexity index is 665. The third-order valence-corrected chi connectivity index (χ3v) is 2.78. The van der Waals surface area contributed by atoms with Crippen LogP contribution in [0.15, 0.2) is 36.4 Å². The second-order valence-electron chi connectivity index (χ2n) is 4.11. The molecule has 0 unspecified atom stereocenters. The van der Waals surface area contributed by atoms with Gasteiger partial charge in [-0.1, -0.05) is 0 Å². The number of hydrogen-bond donors (Lipinski definition) is 1. The molecule has 2 aromatic rings. The molecular weight excluding hydrogens is 259 g/mol. The number of nitriles is 1. The van der Waals surface area contributed by atoms with Crippen molar-refractivity contribution < 1.29 is 13.9 Å². The van der Waals surface area contributed by atoms with Crippen molar-refractivity contribution in [3.05, 3.63) is 53.3 Å². The first-order valence-corrected chi connectivity index (χ1v) is 5.89. The zero-order chi connectivity index (χ0) is 14.5. The molecule has 0 amide bonds. The number of nitrogen functional groups attached to an aromatic ring is 1. The normalized spacial score (nSPS) is 9.85. The van der Waals surface area contributed by atoms with Crippen LogP contribution < -0.4 is 15.2 Å². The van der Waals surface area contributed by atoms with Crippen molar-refractivity contribution >= 4 is 5.69 Å². The number of anilines is 1. The van der Waals surface area contributed by atoms with Crippen LogP contribution in [-0.4, -0.2) is 7.11 Å². The van der Waals surface area contributed by atoms with E-state index in [9.17, 15) is 4.39 Å². The number of nitrogens with two attached hydrogens (primary N) is 1. The van der Waals surface area contributed by atoms with Gasteiger partial charge >= 0.3 is 0 Å². The summed E-state index contributed by atoms with van der Waals surface area (Å²) in [5.41, 5.74) is 6.95. The fraction of sp³-hybridized carbons (Fsp3) is 0.133. The molecule has 0 spiro atoms. The lowest BCUT2D eigenvalue weighted by Gasteiger charge is -2.10. The maximum atomic E-state index is 13.7. The first-order chi connectivity index (χ1) is 9.63. The van der Waals surface area contributed by atoms with Gasteiger partial charge in [0.15, 0.2) is 0 Å². The van der Waals surface area contributed by atoms with Gasteiger partial charge in [0, 0.05) is 11.6 Å². The summed E-state index contributed by atoms with van der Waals surface area (Å²) in [6.45, 7) is 0.0475. The van der Waals surface area contributed by atoms with Gasteiger partial charge in [0.05, 0.1) is 24.4 Å². The Balaban J connectivity index is 2.11. The van der Waals surface area contributed by atoms with Crippen LogP contribution >= 0.6 is 0 Å². The van der Waals surface area contributed by atoms with E-state index in [0.717, 1.165) is 0 Å². The van der Waals surface area contributed by atoms with Crippen molar-refractivity contribution in [2.45, 2.75) is 6.61 Å². The van der Waals surface area contributed by atoms with E-state index in [0.29, 0.717) is 28.3 Å². The monoisotopic (exact) mass is 272 g/mol. The number of methoxy groups -OCH3 is 1. The Morgan fingerprint density at radius 1 is 1.25 bits per heavy atom. The standard InChI is InChI=1S/C15H13FN2O2/c1-19-12-4-3-11(13(16)7-12)9-20-15-5-2-10(8-17)6-14(15)18/h2-7H,9,18H2,1H3. The Hall–Kier alpha value is -2.74. The summed E-state index contributed by atoms with van der Waals surface area (Å²) < 4.78 is 24.1. The molecule has 2 N–H and O–H groups in total. The summed E-state index contributed by atoms with van der Waals surface area (Å²) >= 11 is 0. The fourth-order valence-electron chi connectivity index (χ4n) is 1.68. The minimum Gasteiger partial charge on any atom is -0.497 e. The Morgan fingerprint density at radius 3 is 2.65 bits per heavy atom. The summed E-state index contributed by atoms with van der Waals surface area (Å²) in [6, 6.07) is 11.2. The van der Waals surface area contributed by atoms with Gasteiger partial charge in [-0.15, -0.1) is 0 Å². The SMILES string of the molecule is COc1ccc(COc2ccc(C#N)cc2N)c(F)c1. The minimum absolute atomic E-state index is 0.0475. The number of rotatable bonds is 4. The van der Waals surface area contributed by atoms with Crippen LogP contribution in [0.1, 0.15) is 11.1 Å². The van der Waals surface area contributed by atoms with E-state index in [2.05, 4.69) is 0 Å². The van der Waals surface area contributed by atoms with Crippen LogP contribution in [0.5, 0.6) is 11.5 Å². The molecule has 5 heteroatoms. The van der Waals surface area contributed by atoms with Crippen LogP contribution in [0.3, 0.4) is 0 Å². The molecule has 0 heterocycles. The van der Waals surface area contributed by atoms with E-state index >= 15 is 0 Å². The molecule has 0 fully saturated rings. The van der Waals surface area contributed by atoms with Crippen molar-refractivity contribution in [1.82, 2.24) is 0 Å². The van der Waals surface area contributed by atoms with E-state index < -0.39 is 5.82 Å². The van der Waals surface area contributed by atoms with Crippen LogP contribution in [0.2, 0.25) is 0 Å². The van der Waals surface area contributed by atoms with Gasteiger partial charge in [-0.2, -0.15) is 5.26 Å². The van der Waals surface area contributed by atoms with Crippen LogP contribution in [-0.2, 0) is 6.61 Å². The molecule has 0 radical (unpaired) electrons. The average Bonchev–Trinajstić information content (AvgIpc) is 2.46. The zero-order valence-electron chi connectivity index (χ0n) is 10.9. The van der Waals surface area contributed by atoms with E-state index in [-0.39, 0.29) is 6.61 Å². The first-order valence-electron chi connectivity index (χ1n) is 5.89. The molecule has 0 aromatic heterocycles. The summed E-state index contributed by atoms with van der Waals surface area (Å²) in [4.78, 5) is 0. The summed E-state index contributed by atoms with van der Waals surface area (Å²) in [5.74, 6) is 0.458. The fourth-order valence-corrected chi connectivity index (χ4v) is 1.68. The topological polar surface area (TPSA) is 68.3 Å². The lowest BCUT2D eigenvalue weighted by atomic mass is 10.2. The van der Waals surface area contributed by atoms with Crippen molar-refractivity contribution in [2.75, 3.05) is 12.8 Å². The molecule has 2 aromatic carbocycles. The molecule has 0 bridgehead atoms. The quantitative estimate of drug-likeness (QED) is 0.869.